The van der Waals surface area contributed by atoms with Gasteiger partial charge in [0.25, 0.3) is 0 Å². The highest BCUT2D eigenvalue weighted by Crippen LogP contribution is 2.30. The van der Waals surface area contributed by atoms with Gasteiger partial charge >= 0.3 is 0 Å². The third-order valence-electron chi connectivity index (χ3n) is 2.48. The average molecular weight is 262 g/mol. The van der Waals surface area contributed by atoms with Crippen molar-refractivity contribution in [2.24, 2.45) is 0 Å². The Balaban J connectivity index is 2.05. The quantitative estimate of drug-likeness (QED) is 0.743. The highest BCUT2D eigenvalue weighted by atomic mass is 35.5. The van der Waals surface area contributed by atoms with Crippen molar-refractivity contribution in [2.45, 2.75) is 0 Å². The zero-order chi connectivity index (χ0) is 12.5. The summed E-state index contributed by atoms with van der Waals surface area (Å²) in [6.07, 6.45) is 3.09. The Morgan fingerprint density at radius 2 is 2.17 bits per heavy atom. The van der Waals surface area contributed by atoms with E-state index in [9.17, 15) is 5.11 Å². The number of halogens is 1. The fourth-order valence-corrected chi connectivity index (χ4v) is 1.77. The number of phenols is 1. The summed E-state index contributed by atoms with van der Waals surface area (Å²) in [5, 5.41) is 17.1. The van der Waals surface area contributed by atoms with Crippen LogP contribution in [0.2, 0.25) is 5.02 Å². The molecule has 1 aromatic carbocycles. The molecule has 6 heteroatoms. The minimum absolute atomic E-state index is 0.0919. The molecule has 0 aliphatic heterocycles. The number of hydrogen-bond donors (Lipinski definition) is 2. The number of aromatic hydroxyl groups is 1. The number of aromatic amines is 1. The highest BCUT2D eigenvalue weighted by molar-refractivity contribution is 6.30. The van der Waals surface area contributed by atoms with Gasteiger partial charge in [-0.15, -0.1) is 0 Å². The van der Waals surface area contributed by atoms with Crippen molar-refractivity contribution >= 4 is 11.6 Å². The Bertz CT molecular complexity index is 676. The fraction of sp³-hybridized carbons (Fsp3) is 0. The summed E-state index contributed by atoms with van der Waals surface area (Å²) in [6.45, 7) is 0. The first-order valence-corrected chi connectivity index (χ1v) is 5.56. The topological polar surface area (TPSA) is 74.9 Å². The van der Waals surface area contributed by atoms with E-state index in [2.05, 4.69) is 15.2 Å². The van der Waals surface area contributed by atoms with E-state index in [1.54, 1.807) is 30.7 Å². The lowest BCUT2D eigenvalue weighted by atomic mass is 10.2. The fourth-order valence-electron chi connectivity index (χ4n) is 1.60. The van der Waals surface area contributed by atoms with Crippen molar-refractivity contribution in [3.8, 4) is 28.5 Å². The molecule has 0 bridgehead atoms. The summed E-state index contributed by atoms with van der Waals surface area (Å²) >= 11 is 5.88. The predicted octanol–water partition coefficient (Wildman–Crippen LogP) is 3.09. The second-order valence-corrected chi connectivity index (χ2v) is 4.12. The summed E-state index contributed by atoms with van der Waals surface area (Å²) in [7, 11) is 0. The van der Waals surface area contributed by atoms with Gasteiger partial charge in [-0.3, -0.25) is 5.10 Å². The van der Waals surface area contributed by atoms with Crippen molar-refractivity contribution in [2.75, 3.05) is 0 Å². The van der Waals surface area contributed by atoms with Crippen molar-refractivity contribution in [1.82, 2.24) is 15.2 Å². The molecule has 0 radical (unpaired) electrons. The number of H-pyrrole nitrogens is 1. The van der Waals surface area contributed by atoms with Crippen LogP contribution in [0.15, 0.2) is 41.2 Å². The number of furan rings is 1. The van der Waals surface area contributed by atoms with Crippen molar-refractivity contribution < 1.29 is 9.52 Å². The van der Waals surface area contributed by atoms with E-state index in [0.717, 1.165) is 5.56 Å². The largest absolute Gasteiger partial charge is 0.507 e. The van der Waals surface area contributed by atoms with E-state index < -0.39 is 0 Å². The number of benzene rings is 1. The first-order chi connectivity index (χ1) is 8.74. The normalized spacial score (nSPS) is 10.7. The Morgan fingerprint density at radius 3 is 2.94 bits per heavy atom. The van der Waals surface area contributed by atoms with Gasteiger partial charge in [-0.25, -0.2) is 4.98 Å². The summed E-state index contributed by atoms with van der Waals surface area (Å²) < 4.78 is 4.96. The molecule has 2 aromatic heterocycles. The van der Waals surface area contributed by atoms with Gasteiger partial charge in [0.1, 0.15) is 12.0 Å². The number of rotatable bonds is 2. The first-order valence-electron chi connectivity index (χ1n) is 5.18. The Morgan fingerprint density at radius 1 is 1.28 bits per heavy atom. The van der Waals surface area contributed by atoms with Crippen LogP contribution in [0.1, 0.15) is 0 Å². The van der Waals surface area contributed by atoms with E-state index in [1.165, 1.54) is 6.07 Å². The lowest BCUT2D eigenvalue weighted by Crippen LogP contribution is -1.82. The van der Waals surface area contributed by atoms with Crippen LogP contribution in [0.3, 0.4) is 0 Å². The second-order valence-electron chi connectivity index (χ2n) is 3.68. The Kier molecular flexibility index (Phi) is 2.53. The summed E-state index contributed by atoms with van der Waals surface area (Å²) in [4.78, 5) is 4.28. The third-order valence-corrected chi connectivity index (χ3v) is 2.71. The molecular formula is C12H8ClN3O2. The summed E-state index contributed by atoms with van der Waals surface area (Å²) in [6, 6.07) is 6.49. The zero-order valence-corrected chi connectivity index (χ0v) is 9.85. The smallest absolute Gasteiger partial charge is 0.184 e. The predicted molar refractivity (Wildman–Crippen MR) is 66.2 cm³/mol. The third kappa shape index (κ3) is 1.84. The number of hydrogen-bond acceptors (Lipinski definition) is 4. The molecule has 0 saturated heterocycles. The molecule has 2 heterocycles. The molecule has 0 aliphatic rings. The SMILES string of the molecule is Oc1ccc(Cl)cc1-c1nc(-c2ccoc2)n[nH]1. The molecule has 2 N–H and O–H groups in total. The van der Waals surface area contributed by atoms with Gasteiger partial charge in [0.2, 0.25) is 0 Å². The molecule has 18 heavy (non-hydrogen) atoms. The maximum absolute atomic E-state index is 9.76. The van der Waals surface area contributed by atoms with Crippen LogP contribution >= 0.6 is 11.6 Å². The van der Waals surface area contributed by atoms with Gasteiger partial charge in [0, 0.05) is 5.02 Å². The minimum atomic E-state index is 0.0919. The maximum Gasteiger partial charge on any atom is 0.184 e. The standard InChI is InChI=1S/C12H8ClN3O2/c13-8-1-2-10(17)9(5-8)12-14-11(15-16-12)7-3-4-18-6-7/h1-6,17H,(H,14,15,16). The molecule has 0 spiro atoms. The van der Waals surface area contributed by atoms with Crippen LogP contribution in [0.25, 0.3) is 22.8 Å². The van der Waals surface area contributed by atoms with Crippen LogP contribution in [-0.4, -0.2) is 20.3 Å². The van der Waals surface area contributed by atoms with Gasteiger partial charge in [0.05, 0.1) is 17.4 Å². The molecule has 0 aliphatic carbocycles. The van der Waals surface area contributed by atoms with Crippen molar-refractivity contribution in [3.63, 3.8) is 0 Å². The molecule has 0 saturated carbocycles. The minimum Gasteiger partial charge on any atom is -0.507 e. The van der Waals surface area contributed by atoms with Crippen LogP contribution < -0.4 is 0 Å². The lowest BCUT2D eigenvalue weighted by molar-refractivity contribution is 0.477. The molecule has 0 atom stereocenters. The van der Waals surface area contributed by atoms with E-state index in [-0.39, 0.29) is 5.75 Å². The van der Waals surface area contributed by atoms with Gasteiger partial charge in [-0.2, -0.15) is 5.10 Å². The van der Waals surface area contributed by atoms with Crippen molar-refractivity contribution in [1.29, 1.82) is 0 Å². The van der Waals surface area contributed by atoms with E-state index in [0.29, 0.717) is 22.2 Å². The maximum atomic E-state index is 9.76. The summed E-state index contributed by atoms with van der Waals surface area (Å²) in [5.74, 6) is 1.04. The zero-order valence-electron chi connectivity index (χ0n) is 9.09. The average Bonchev–Trinajstić information content (AvgIpc) is 3.00. The van der Waals surface area contributed by atoms with Gasteiger partial charge in [-0.05, 0) is 24.3 Å². The molecule has 5 nitrogen and oxygen atoms in total. The number of aromatic nitrogens is 3. The van der Waals surface area contributed by atoms with Gasteiger partial charge in [-0.1, -0.05) is 11.6 Å². The monoisotopic (exact) mass is 261 g/mol. The van der Waals surface area contributed by atoms with E-state index >= 15 is 0 Å². The molecule has 0 fully saturated rings. The lowest BCUT2D eigenvalue weighted by Gasteiger charge is -2.00. The number of phenolic OH excluding ortho intramolecular Hbond substituents is 1. The van der Waals surface area contributed by atoms with Crippen LogP contribution in [0, 0.1) is 0 Å². The van der Waals surface area contributed by atoms with Crippen LogP contribution in [-0.2, 0) is 0 Å². The van der Waals surface area contributed by atoms with Crippen molar-refractivity contribution in [3.05, 3.63) is 41.8 Å². The highest BCUT2D eigenvalue weighted by Gasteiger charge is 2.12. The molecule has 3 rings (SSSR count). The molecule has 3 aromatic rings. The number of nitrogens with one attached hydrogen (secondary N) is 1. The van der Waals surface area contributed by atoms with E-state index in [4.69, 9.17) is 16.0 Å². The Labute approximate surface area is 107 Å². The van der Waals surface area contributed by atoms with Gasteiger partial charge in [0.15, 0.2) is 11.6 Å². The van der Waals surface area contributed by atoms with Crippen LogP contribution in [0.4, 0.5) is 0 Å². The van der Waals surface area contributed by atoms with Crippen LogP contribution in [0.5, 0.6) is 5.75 Å². The summed E-state index contributed by atoms with van der Waals surface area (Å²) in [5.41, 5.74) is 1.27. The van der Waals surface area contributed by atoms with Gasteiger partial charge < -0.3 is 9.52 Å². The molecular weight excluding hydrogens is 254 g/mol. The second kappa shape index (κ2) is 4.19. The molecule has 0 unspecified atom stereocenters. The first kappa shape index (κ1) is 10.9. The Hall–Kier alpha value is -2.27. The van der Waals surface area contributed by atoms with E-state index in [1.807, 2.05) is 0 Å². The number of nitrogens with zero attached hydrogens (tertiary/aromatic N) is 2. The molecule has 0 amide bonds. The molecule has 90 valence electrons.